The van der Waals surface area contributed by atoms with Crippen molar-refractivity contribution in [2.75, 3.05) is 37.6 Å². The highest BCUT2D eigenvalue weighted by molar-refractivity contribution is 6.32. The molecule has 3 aromatic rings. The molecule has 1 fully saturated rings. The molecule has 39 heavy (non-hydrogen) atoms. The Hall–Kier alpha value is -3.82. The molecule has 4 rings (SSSR count). The van der Waals surface area contributed by atoms with Crippen molar-refractivity contribution in [2.45, 2.75) is 18.8 Å². The third-order valence-corrected chi connectivity index (χ3v) is 6.59. The van der Waals surface area contributed by atoms with Crippen molar-refractivity contribution < 1.29 is 28.6 Å². The van der Waals surface area contributed by atoms with Gasteiger partial charge < -0.3 is 15.1 Å². The van der Waals surface area contributed by atoms with Crippen molar-refractivity contribution in [3.8, 4) is 0 Å². The van der Waals surface area contributed by atoms with Crippen LogP contribution in [0.2, 0.25) is 5.02 Å². The Balaban J connectivity index is 0.000000459. The third-order valence-electron chi connectivity index (χ3n) is 6.29. The normalized spacial score (nSPS) is 13.8. The van der Waals surface area contributed by atoms with Gasteiger partial charge in [-0.3, -0.25) is 4.90 Å². The molecule has 10 heteroatoms. The molecular formula is C29H30ClF2N3O4. The maximum Gasteiger partial charge on any atom is 0.328 e. The quantitative estimate of drug-likeness (QED) is 0.337. The maximum atomic E-state index is 13.4. The lowest BCUT2D eigenvalue weighted by atomic mass is 9.87. The first kappa shape index (κ1) is 29.7. The molecule has 0 unspecified atom stereocenters. The molecule has 0 amide bonds. The van der Waals surface area contributed by atoms with E-state index in [4.69, 9.17) is 21.8 Å². The minimum Gasteiger partial charge on any atom is -0.478 e. The first-order valence-electron chi connectivity index (χ1n) is 12.5. The lowest BCUT2D eigenvalue weighted by Gasteiger charge is -2.36. The molecule has 0 saturated carbocycles. The predicted molar refractivity (Wildman–Crippen MR) is 146 cm³/mol. The number of rotatable bonds is 9. The molecule has 1 saturated heterocycles. The summed E-state index contributed by atoms with van der Waals surface area (Å²) in [4.78, 5) is 28.2. The second-order valence-electron chi connectivity index (χ2n) is 8.95. The Morgan fingerprint density at radius 2 is 1.38 bits per heavy atom. The minimum atomic E-state index is -1.26. The smallest absolute Gasteiger partial charge is 0.328 e. The summed E-state index contributed by atoms with van der Waals surface area (Å²) < 4.78 is 26.8. The molecule has 0 radical (unpaired) electrons. The number of hydrogen-bond acceptors (Lipinski definition) is 5. The zero-order valence-corrected chi connectivity index (χ0v) is 22.0. The van der Waals surface area contributed by atoms with Crippen LogP contribution in [0.25, 0.3) is 0 Å². The molecule has 1 aliphatic rings. The molecule has 1 aliphatic heterocycles. The Kier molecular flexibility index (Phi) is 11.4. The van der Waals surface area contributed by atoms with Crippen LogP contribution in [0.15, 0.2) is 79.0 Å². The average molecular weight is 558 g/mol. The summed E-state index contributed by atoms with van der Waals surface area (Å²) in [5.74, 6) is -2.02. The molecule has 0 spiro atoms. The van der Waals surface area contributed by atoms with Crippen molar-refractivity contribution in [3.63, 3.8) is 0 Å². The monoisotopic (exact) mass is 557 g/mol. The predicted octanol–water partition coefficient (Wildman–Crippen LogP) is 5.46. The van der Waals surface area contributed by atoms with E-state index in [2.05, 4.69) is 14.8 Å². The molecule has 206 valence electrons. The highest BCUT2D eigenvalue weighted by Gasteiger charge is 2.20. The molecule has 2 N–H and O–H groups in total. The summed E-state index contributed by atoms with van der Waals surface area (Å²) in [6.45, 7) is 4.71. The van der Waals surface area contributed by atoms with Gasteiger partial charge in [0.15, 0.2) is 0 Å². The molecule has 0 bridgehead atoms. The van der Waals surface area contributed by atoms with Gasteiger partial charge in [0.1, 0.15) is 17.5 Å². The van der Waals surface area contributed by atoms with Crippen molar-refractivity contribution in [2.24, 2.45) is 0 Å². The number of hydrogen-bond donors (Lipinski definition) is 2. The van der Waals surface area contributed by atoms with Gasteiger partial charge in [0.05, 0.1) is 5.02 Å². The van der Waals surface area contributed by atoms with E-state index in [0.717, 1.165) is 62.5 Å². The summed E-state index contributed by atoms with van der Waals surface area (Å²) in [7, 11) is 0. The fourth-order valence-electron chi connectivity index (χ4n) is 4.37. The summed E-state index contributed by atoms with van der Waals surface area (Å²) in [6, 6.07) is 17.0. The van der Waals surface area contributed by atoms with E-state index in [1.54, 1.807) is 6.20 Å². The molecule has 2 heterocycles. The van der Waals surface area contributed by atoms with Gasteiger partial charge in [-0.25, -0.2) is 23.4 Å². The molecule has 7 nitrogen and oxygen atoms in total. The van der Waals surface area contributed by atoms with Crippen LogP contribution in [0.1, 0.15) is 29.9 Å². The van der Waals surface area contributed by atoms with Gasteiger partial charge in [-0.05, 0) is 66.9 Å². The molecular weight excluding hydrogens is 528 g/mol. The zero-order valence-electron chi connectivity index (χ0n) is 21.2. The standard InChI is InChI=1S/C25H26ClF2N3.C4H4O4/c26-24-4-1-13-29-25(24)31-17-15-30(16-18-31)14-2-3-23(19-5-9-21(27)10-6-19)20-7-11-22(28)12-8-20;5-3(6)1-2-4(7)8/h1,4-13,23H,2-3,14-18H2;1-2H,(H,5,6)(H,7,8). The molecule has 2 aromatic carbocycles. The first-order chi connectivity index (χ1) is 18.7. The number of carboxylic acid groups (broad SMARTS) is 2. The number of piperazine rings is 1. The van der Waals surface area contributed by atoms with Crippen LogP contribution in [-0.4, -0.2) is 64.8 Å². The number of benzene rings is 2. The Morgan fingerprint density at radius 1 is 0.872 bits per heavy atom. The maximum absolute atomic E-state index is 13.4. The number of aliphatic carboxylic acids is 2. The van der Waals surface area contributed by atoms with Gasteiger partial charge in [0, 0.05) is 50.4 Å². The van der Waals surface area contributed by atoms with E-state index in [1.807, 2.05) is 36.4 Å². The van der Waals surface area contributed by atoms with E-state index in [1.165, 1.54) is 24.3 Å². The number of nitrogens with zero attached hydrogens (tertiary/aromatic N) is 3. The van der Waals surface area contributed by atoms with Crippen LogP contribution in [0.3, 0.4) is 0 Å². The topological polar surface area (TPSA) is 94.0 Å². The van der Waals surface area contributed by atoms with E-state index in [9.17, 15) is 18.4 Å². The second-order valence-corrected chi connectivity index (χ2v) is 9.35. The first-order valence-corrected chi connectivity index (χ1v) is 12.8. The highest BCUT2D eigenvalue weighted by Crippen LogP contribution is 2.30. The van der Waals surface area contributed by atoms with Crippen LogP contribution in [0.4, 0.5) is 14.6 Å². The average Bonchev–Trinajstić information content (AvgIpc) is 2.92. The Morgan fingerprint density at radius 3 is 1.85 bits per heavy atom. The number of carbonyl (C=O) groups is 2. The number of halogens is 3. The lowest BCUT2D eigenvalue weighted by molar-refractivity contribution is -0.134. The minimum absolute atomic E-state index is 0.120. The van der Waals surface area contributed by atoms with Crippen molar-refractivity contribution in [3.05, 3.63) is 107 Å². The summed E-state index contributed by atoms with van der Waals surface area (Å²) in [6.07, 6.45) is 4.82. The van der Waals surface area contributed by atoms with Gasteiger partial charge in [-0.15, -0.1) is 0 Å². The SMILES string of the molecule is Fc1ccc(C(CCCN2CCN(c3ncccc3Cl)CC2)c2ccc(F)cc2)cc1.O=C(O)C=CC(=O)O. The van der Waals surface area contributed by atoms with Crippen LogP contribution in [0, 0.1) is 11.6 Å². The molecule has 0 atom stereocenters. The largest absolute Gasteiger partial charge is 0.478 e. The van der Waals surface area contributed by atoms with E-state index in [0.29, 0.717) is 17.2 Å². The van der Waals surface area contributed by atoms with Crippen LogP contribution in [-0.2, 0) is 9.59 Å². The number of anilines is 1. The number of pyridine rings is 1. The molecule has 0 aliphatic carbocycles. The molecule has 1 aromatic heterocycles. The summed E-state index contributed by atoms with van der Waals surface area (Å²) in [5.41, 5.74) is 2.12. The second kappa shape index (κ2) is 14.9. The Labute approximate surface area is 231 Å². The number of aromatic nitrogens is 1. The fraction of sp³-hybridized carbons (Fsp3) is 0.276. The van der Waals surface area contributed by atoms with Gasteiger partial charge >= 0.3 is 11.9 Å². The lowest BCUT2D eigenvalue weighted by Crippen LogP contribution is -2.47. The summed E-state index contributed by atoms with van der Waals surface area (Å²) in [5, 5.41) is 16.3. The van der Waals surface area contributed by atoms with E-state index >= 15 is 0 Å². The third kappa shape index (κ3) is 9.77. The summed E-state index contributed by atoms with van der Waals surface area (Å²) >= 11 is 6.28. The number of carboxylic acids is 2. The van der Waals surface area contributed by atoms with Crippen molar-refractivity contribution >= 4 is 29.4 Å². The van der Waals surface area contributed by atoms with Crippen LogP contribution < -0.4 is 4.90 Å². The van der Waals surface area contributed by atoms with Gasteiger partial charge in [-0.1, -0.05) is 35.9 Å². The fourth-order valence-corrected chi connectivity index (χ4v) is 4.61. The highest BCUT2D eigenvalue weighted by atomic mass is 35.5. The van der Waals surface area contributed by atoms with E-state index < -0.39 is 11.9 Å². The van der Waals surface area contributed by atoms with Crippen LogP contribution in [0.5, 0.6) is 0 Å². The van der Waals surface area contributed by atoms with Crippen molar-refractivity contribution in [1.82, 2.24) is 9.88 Å². The van der Waals surface area contributed by atoms with E-state index in [-0.39, 0.29) is 17.6 Å². The van der Waals surface area contributed by atoms with Crippen LogP contribution >= 0.6 is 11.6 Å². The van der Waals surface area contributed by atoms with Gasteiger partial charge in [0.25, 0.3) is 0 Å². The van der Waals surface area contributed by atoms with Gasteiger partial charge in [0.2, 0.25) is 0 Å². The Bertz CT molecular complexity index is 1190. The van der Waals surface area contributed by atoms with Gasteiger partial charge in [-0.2, -0.15) is 0 Å². The van der Waals surface area contributed by atoms with Crippen molar-refractivity contribution in [1.29, 1.82) is 0 Å². The zero-order chi connectivity index (χ0) is 28.2.